The Hall–Kier alpha value is -2.55. The maximum absolute atomic E-state index is 11.8. The highest BCUT2D eigenvalue weighted by molar-refractivity contribution is 5.75. The van der Waals surface area contributed by atoms with E-state index >= 15 is 0 Å². The summed E-state index contributed by atoms with van der Waals surface area (Å²) < 4.78 is 10.1. The van der Waals surface area contributed by atoms with E-state index in [2.05, 4.69) is 25.4 Å². The van der Waals surface area contributed by atoms with Crippen LogP contribution in [0.4, 0.5) is 4.79 Å². The number of nitrogens with zero attached hydrogens (tertiary/aromatic N) is 5. The van der Waals surface area contributed by atoms with Crippen LogP contribution in [-0.4, -0.2) is 64.4 Å². The Labute approximate surface area is 126 Å². The lowest BCUT2D eigenvalue weighted by Gasteiger charge is -2.36. The van der Waals surface area contributed by atoms with Gasteiger partial charge in [0.05, 0.1) is 18.7 Å². The summed E-state index contributed by atoms with van der Waals surface area (Å²) in [5, 5.41) is 6.66. The molecule has 2 aromatic rings. The molecule has 2 aromatic heterocycles. The van der Waals surface area contributed by atoms with Crippen LogP contribution < -0.4 is 5.32 Å². The van der Waals surface area contributed by atoms with Crippen molar-refractivity contribution in [1.82, 2.24) is 30.3 Å². The number of nitrogens with one attached hydrogen (secondary N) is 1. The highest BCUT2D eigenvalue weighted by atomic mass is 16.5. The third-order valence-corrected chi connectivity index (χ3v) is 3.33. The van der Waals surface area contributed by atoms with E-state index in [0.717, 1.165) is 0 Å². The molecule has 0 unspecified atom stereocenters. The van der Waals surface area contributed by atoms with Crippen LogP contribution in [0, 0.1) is 0 Å². The molecule has 0 radical (unpaired) electrons. The van der Waals surface area contributed by atoms with Gasteiger partial charge in [0.2, 0.25) is 11.7 Å². The average Bonchev–Trinajstić information content (AvgIpc) is 2.96. The van der Waals surface area contributed by atoms with Crippen LogP contribution >= 0.6 is 0 Å². The molecule has 0 spiro atoms. The molecule has 3 rings (SSSR count). The van der Waals surface area contributed by atoms with Gasteiger partial charge in [0.15, 0.2) is 0 Å². The van der Waals surface area contributed by atoms with Crippen LogP contribution in [0.25, 0.3) is 11.5 Å². The van der Waals surface area contributed by atoms with Crippen molar-refractivity contribution < 1.29 is 14.1 Å². The lowest BCUT2D eigenvalue weighted by Crippen LogP contribution is -2.53. The summed E-state index contributed by atoms with van der Waals surface area (Å²) in [5.74, 6) is 0.985. The summed E-state index contributed by atoms with van der Waals surface area (Å²) >= 11 is 0. The molecule has 1 aliphatic heterocycles. The smallest absolute Gasteiger partial charge is 0.317 e. The topological polar surface area (TPSA) is 106 Å². The van der Waals surface area contributed by atoms with Crippen molar-refractivity contribution in [3.05, 3.63) is 24.5 Å². The van der Waals surface area contributed by atoms with Gasteiger partial charge in [0.25, 0.3) is 0 Å². The standard InChI is InChI=1S/C13H16N6O3/c1-21-5-4-16-13(20)19-7-9(8-19)12-17-11(18-22-12)10-6-14-2-3-15-10/h2-3,6,9H,4-5,7-8H2,1H3,(H,16,20). The van der Waals surface area contributed by atoms with E-state index in [9.17, 15) is 4.79 Å². The Morgan fingerprint density at radius 1 is 1.50 bits per heavy atom. The van der Waals surface area contributed by atoms with Gasteiger partial charge in [-0.05, 0) is 0 Å². The van der Waals surface area contributed by atoms with Crippen molar-refractivity contribution in [2.75, 3.05) is 33.4 Å². The first-order chi connectivity index (χ1) is 10.8. The second-order valence-electron chi connectivity index (χ2n) is 4.87. The lowest BCUT2D eigenvalue weighted by molar-refractivity contribution is 0.132. The number of carbonyl (C=O) groups excluding carboxylic acids is 1. The summed E-state index contributed by atoms with van der Waals surface area (Å²) in [5.41, 5.74) is 0.561. The predicted octanol–water partition coefficient (Wildman–Crippen LogP) is 0.282. The monoisotopic (exact) mass is 304 g/mol. The Morgan fingerprint density at radius 2 is 2.36 bits per heavy atom. The molecule has 1 fully saturated rings. The van der Waals surface area contributed by atoms with E-state index in [1.165, 1.54) is 0 Å². The van der Waals surface area contributed by atoms with Crippen LogP contribution in [0.1, 0.15) is 11.8 Å². The van der Waals surface area contributed by atoms with Crippen molar-refractivity contribution in [2.45, 2.75) is 5.92 Å². The molecule has 2 amide bonds. The Bertz CT molecular complexity index is 626. The molecule has 22 heavy (non-hydrogen) atoms. The number of rotatable bonds is 5. The fraction of sp³-hybridized carbons (Fsp3) is 0.462. The minimum Gasteiger partial charge on any atom is -0.383 e. The third-order valence-electron chi connectivity index (χ3n) is 3.33. The van der Waals surface area contributed by atoms with Gasteiger partial charge in [-0.3, -0.25) is 4.98 Å². The van der Waals surface area contributed by atoms with E-state index < -0.39 is 0 Å². The number of ether oxygens (including phenoxy) is 1. The Kier molecular flexibility index (Phi) is 4.24. The SMILES string of the molecule is COCCNC(=O)N1CC(c2nc(-c3cnccn3)no2)C1. The van der Waals surface area contributed by atoms with Gasteiger partial charge in [-0.15, -0.1) is 0 Å². The maximum Gasteiger partial charge on any atom is 0.317 e. The van der Waals surface area contributed by atoms with Gasteiger partial charge >= 0.3 is 6.03 Å². The normalized spacial score (nSPS) is 14.7. The molecule has 1 saturated heterocycles. The van der Waals surface area contributed by atoms with Crippen molar-refractivity contribution in [3.8, 4) is 11.5 Å². The largest absolute Gasteiger partial charge is 0.383 e. The molecule has 9 heteroatoms. The predicted molar refractivity (Wildman–Crippen MR) is 74.9 cm³/mol. The number of methoxy groups -OCH3 is 1. The fourth-order valence-electron chi connectivity index (χ4n) is 2.09. The third kappa shape index (κ3) is 3.03. The van der Waals surface area contributed by atoms with Crippen LogP contribution in [0.2, 0.25) is 0 Å². The first-order valence-corrected chi connectivity index (χ1v) is 6.89. The fourth-order valence-corrected chi connectivity index (χ4v) is 2.09. The molecular formula is C13H16N6O3. The number of aromatic nitrogens is 4. The number of amides is 2. The summed E-state index contributed by atoms with van der Waals surface area (Å²) in [7, 11) is 1.59. The van der Waals surface area contributed by atoms with Gasteiger partial charge in [0.1, 0.15) is 5.69 Å². The minimum absolute atomic E-state index is 0.0612. The van der Waals surface area contributed by atoms with Crippen molar-refractivity contribution in [3.63, 3.8) is 0 Å². The van der Waals surface area contributed by atoms with Crippen LogP contribution in [-0.2, 0) is 4.74 Å². The lowest BCUT2D eigenvalue weighted by atomic mass is 10.0. The van der Waals surface area contributed by atoms with E-state index in [0.29, 0.717) is 43.7 Å². The van der Waals surface area contributed by atoms with Gasteiger partial charge in [-0.2, -0.15) is 4.98 Å². The molecule has 0 aliphatic carbocycles. The molecule has 0 bridgehead atoms. The van der Waals surface area contributed by atoms with Gasteiger partial charge in [0, 0.05) is 39.1 Å². The molecule has 116 valence electrons. The average molecular weight is 304 g/mol. The Morgan fingerprint density at radius 3 is 3.09 bits per heavy atom. The van der Waals surface area contributed by atoms with Crippen molar-refractivity contribution in [1.29, 1.82) is 0 Å². The molecular weight excluding hydrogens is 288 g/mol. The Balaban J connectivity index is 1.53. The molecule has 3 heterocycles. The number of carbonyl (C=O) groups is 1. The number of likely N-dealkylation sites (tertiary alicyclic amines) is 1. The van der Waals surface area contributed by atoms with Crippen molar-refractivity contribution >= 4 is 6.03 Å². The zero-order valence-corrected chi connectivity index (χ0v) is 12.1. The molecule has 9 nitrogen and oxygen atoms in total. The first-order valence-electron chi connectivity index (χ1n) is 6.89. The summed E-state index contributed by atoms with van der Waals surface area (Å²) in [6, 6.07) is -0.109. The maximum atomic E-state index is 11.8. The molecule has 0 saturated carbocycles. The second-order valence-corrected chi connectivity index (χ2v) is 4.87. The van der Waals surface area contributed by atoms with Crippen LogP contribution in [0.5, 0.6) is 0 Å². The van der Waals surface area contributed by atoms with Crippen LogP contribution in [0.3, 0.4) is 0 Å². The van der Waals surface area contributed by atoms with Crippen molar-refractivity contribution in [2.24, 2.45) is 0 Å². The molecule has 1 aliphatic rings. The van der Waals surface area contributed by atoms with E-state index in [1.54, 1.807) is 30.6 Å². The van der Waals surface area contributed by atoms with E-state index in [-0.39, 0.29) is 11.9 Å². The number of urea groups is 1. The number of hydrogen-bond acceptors (Lipinski definition) is 7. The van der Waals surface area contributed by atoms with E-state index in [4.69, 9.17) is 9.26 Å². The molecule has 1 N–H and O–H groups in total. The van der Waals surface area contributed by atoms with Gasteiger partial charge < -0.3 is 19.5 Å². The second kappa shape index (κ2) is 6.48. The van der Waals surface area contributed by atoms with Gasteiger partial charge in [-0.1, -0.05) is 5.16 Å². The highest BCUT2D eigenvalue weighted by Crippen LogP contribution is 2.26. The zero-order valence-electron chi connectivity index (χ0n) is 12.1. The first kappa shape index (κ1) is 14.4. The number of hydrogen-bond donors (Lipinski definition) is 1. The summed E-state index contributed by atoms with van der Waals surface area (Å²) in [6.45, 7) is 2.10. The zero-order chi connectivity index (χ0) is 15.4. The summed E-state index contributed by atoms with van der Waals surface area (Å²) in [6.07, 6.45) is 4.72. The minimum atomic E-state index is -0.109. The summed E-state index contributed by atoms with van der Waals surface area (Å²) in [4.78, 5) is 25.9. The quantitative estimate of drug-likeness (QED) is 0.791. The van der Waals surface area contributed by atoms with Gasteiger partial charge in [-0.25, -0.2) is 9.78 Å². The molecule has 0 aromatic carbocycles. The van der Waals surface area contributed by atoms with Crippen LogP contribution in [0.15, 0.2) is 23.1 Å². The highest BCUT2D eigenvalue weighted by Gasteiger charge is 2.35. The van der Waals surface area contributed by atoms with E-state index in [1.807, 2.05) is 0 Å². The molecule has 0 atom stereocenters.